The molecule has 1 atom stereocenters. The Bertz CT molecular complexity index is 595. The number of hydrogen-bond donors (Lipinski definition) is 1. The van der Waals surface area contributed by atoms with Gasteiger partial charge in [0.25, 0.3) is 0 Å². The minimum Gasteiger partial charge on any atom is -0.353 e. The van der Waals surface area contributed by atoms with E-state index in [1.165, 1.54) is 31.2 Å². The van der Waals surface area contributed by atoms with Crippen LogP contribution < -0.4 is 5.32 Å². The standard InChI is InChI=1S/C22H33N3O2/c26-21(25-14-8-3-1-2-4-9-15-25)18-20-22(27)23-13-17-24(20)16-12-19-10-6-5-7-11-19/h5-7,10-11,20H,1-4,8-9,12-18H2,(H,23,27)/t20-/m1/s1. The van der Waals surface area contributed by atoms with Crippen LogP contribution in [0.25, 0.3) is 0 Å². The van der Waals surface area contributed by atoms with Crippen molar-refractivity contribution in [2.24, 2.45) is 0 Å². The lowest BCUT2D eigenvalue weighted by Crippen LogP contribution is -2.57. The highest BCUT2D eigenvalue weighted by molar-refractivity contribution is 5.88. The third-order valence-corrected chi connectivity index (χ3v) is 5.80. The lowest BCUT2D eigenvalue weighted by atomic mass is 10.1. The van der Waals surface area contributed by atoms with Crippen molar-refractivity contribution in [3.8, 4) is 0 Å². The molecule has 0 aliphatic carbocycles. The van der Waals surface area contributed by atoms with E-state index in [4.69, 9.17) is 0 Å². The van der Waals surface area contributed by atoms with E-state index < -0.39 is 0 Å². The quantitative estimate of drug-likeness (QED) is 0.866. The van der Waals surface area contributed by atoms with Crippen LogP contribution >= 0.6 is 0 Å². The first kappa shape index (κ1) is 19.9. The van der Waals surface area contributed by atoms with Crippen LogP contribution in [0.15, 0.2) is 30.3 Å². The highest BCUT2D eigenvalue weighted by Crippen LogP contribution is 2.16. The molecule has 5 nitrogen and oxygen atoms in total. The molecule has 2 fully saturated rings. The van der Waals surface area contributed by atoms with Crippen LogP contribution in [0.2, 0.25) is 0 Å². The number of rotatable bonds is 5. The molecule has 3 rings (SSSR count). The molecule has 1 aromatic carbocycles. The Morgan fingerprint density at radius 1 is 0.963 bits per heavy atom. The molecular weight excluding hydrogens is 338 g/mol. The Hall–Kier alpha value is -1.88. The number of nitrogens with zero attached hydrogens (tertiary/aromatic N) is 2. The maximum atomic E-state index is 12.9. The van der Waals surface area contributed by atoms with Gasteiger partial charge < -0.3 is 10.2 Å². The molecule has 1 aromatic rings. The highest BCUT2D eigenvalue weighted by Gasteiger charge is 2.32. The molecule has 0 saturated carbocycles. The number of hydrogen-bond acceptors (Lipinski definition) is 3. The lowest BCUT2D eigenvalue weighted by Gasteiger charge is -2.36. The molecule has 0 radical (unpaired) electrons. The Labute approximate surface area is 163 Å². The summed E-state index contributed by atoms with van der Waals surface area (Å²) in [5.41, 5.74) is 1.27. The minimum atomic E-state index is -0.331. The number of carbonyl (C=O) groups is 2. The fourth-order valence-corrected chi connectivity index (χ4v) is 4.14. The molecule has 2 heterocycles. The first-order chi connectivity index (χ1) is 13.2. The van der Waals surface area contributed by atoms with Gasteiger partial charge in [0, 0.05) is 32.7 Å². The van der Waals surface area contributed by atoms with Gasteiger partial charge in [-0.1, -0.05) is 56.0 Å². The molecule has 2 amide bonds. The third-order valence-electron chi connectivity index (χ3n) is 5.80. The summed E-state index contributed by atoms with van der Waals surface area (Å²) in [6.45, 7) is 3.99. The van der Waals surface area contributed by atoms with E-state index in [9.17, 15) is 9.59 Å². The first-order valence-electron chi connectivity index (χ1n) is 10.6. The van der Waals surface area contributed by atoms with Crippen LogP contribution in [0.3, 0.4) is 0 Å². The van der Waals surface area contributed by atoms with Gasteiger partial charge in [-0.25, -0.2) is 0 Å². The first-order valence-corrected chi connectivity index (χ1v) is 10.6. The van der Waals surface area contributed by atoms with E-state index in [2.05, 4.69) is 22.3 Å². The van der Waals surface area contributed by atoms with Gasteiger partial charge in [0.05, 0.1) is 12.5 Å². The topological polar surface area (TPSA) is 52.7 Å². The number of carbonyl (C=O) groups excluding carboxylic acids is 2. The second kappa shape index (κ2) is 10.5. The van der Waals surface area contributed by atoms with E-state index in [1.807, 2.05) is 23.1 Å². The smallest absolute Gasteiger partial charge is 0.237 e. The predicted octanol–water partition coefficient (Wildman–Crippen LogP) is 2.60. The van der Waals surface area contributed by atoms with Crippen LogP contribution in [-0.4, -0.2) is 60.4 Å². The van der Waals surface area contributed by atoms with Crippen LogP contribution in [0.1, 0.15) is 50.5 Å². The largest absolute Gasteiger partial charge is 0.353 e. The zero-order valence-corrected chi connectivity index (χ0v) is 16.4. The summed E-state index contributed by atoms with van der Waals surface area (Å²) in [7, 11) is 0. The zero-order valence-electron chi connectivity index (χ0n) is 16.4. The van der Waals surface area contributed by atoms with E-state index in [0.717, 1.165) is 45.4 Å². The molecule has 1 N–H and O–H groups in total. The average molecular weight is 372 g/mol. The molecule has 5 heteroatoms. The second-order valence-electron chi connectivity index (χ2n) is 7.78. The summed E-state index contributed by atoms with van der Waals surface area (Å²) in [5, 5.41) is 2.95. The fraction of sp³-hybridized carbons (Fsp3) is 0.636. The molecule has 2 saturated heterocycles. The van der Waals surface area contributed by atoms with Crippen molar-refractivity contribution in [2.75, 3.05) is 32.7 Å². The van der Waals surface area contributed by atoms with Crippen molar-refractivity contribution in [1.29, 1.82) is 0 Å². The molecule has 148 valence electrons. The Balaban J connectivity index is 1.58. The summed E-state index contributed by atoms with van der Waals surface area (Å²) < 4.78 is 0. The van der Waals surface area contributed by atoms with E-state index >= 15 is 0 Å². The van der Waals surface area contributed by atoms with Crippen LogP contribution in [0.4, 0.5) is 0 Å². The monoisotopic (exact) mass is 371 g/mol. The molecule has 2 aliphatic heterocycles. The van der Waals surface area contributed by atoms with E-state index in [-0.39, 0.29) is 17.9 Å². The van der Waals surface area contributed by atoms with Gasteiger partial charge in [-0.3, -0.25) is 14.5 Å². The summed E-state index contributed by atoms with van der Waals surface area (Å²) in [4.78, 5) is 29.6. The van der Waals surface area contributed by atoms with Crippen molar-refractivity contribution >= 4 is 11.8 Å². The van der Waals surface area contributed by atoms with Gasteiger partial charge in [0.2, 0.25) is 11.8 Å². The van der Waals surface area contributed by atoms with Crippen LogP contribution in [-0.2, 0) is 16.0 Å². The van der Waals surface area contributed by atoms with Crippen molar-refractivity contribution in [3.05, 3.63) is 35.9 Å². The maximum absolute atomic E-state index is 12.9. The molecule has 0 bridgehead atoms. The maximum Gasteiger partial charge on any atom is 0.237 e. The predicted molar refractivity (Wildman–Crippen MR) is 107 cm³/mol. The Kier molecular flexibility index (Phi) is 7.69. The lowest BCUT2D eigenvalue weighted by molar-refractivity contribution is -0.139. The average Bonchev–Trinajstić information content (AvgIpc) is 2.83. The molecule has 0 spiro atoms. The van der Waals surface area contributed by atoms with Crippen molar-refractivity contribution in [2.45, 2.75) is 57.4 Å². The van der Waals surface area contributed by atoms with Crippen molar-refractivity contribution < 1.29 is 9.59 Å². The summed E-state index contributed by atoms with van der Waals surface area (Å²) in [6, 6.07) is 10.0. The SMILES string of the molecule is O=C1NCCN(CCc2ccccc2)[C@@H]1CC(=O)N1CCCCCCCC1. The van der Waals surface area contributed by atoms with Gasteiger partial charge in [-0.2, -0.15) is 0 Å². The summed E-state index contributed by atoms with van der Waals surface area (Å²) in [5.74, 6) is 0.149. The van der Waals surface area contributed by atoms with Crippen LogP contribution in [0.5, 0.6) is 0 Å². The Morgan fingerprint density at radius 3 is 2.33 bits per heavy atom. The van der Waals surface area contributed by atoms with Crippen LogP contribution in [0, 0.1) is 0 Å². The van der Waals surface area contributed by atoms with E-state index in [0.29, 0.717) is 13.0 Å². The molecule has 2 aliphatic rings. The zero-order chi connectivity index (χ0) is 18.9. The van der Waals surface area contributed by atoms with E-state index in [1.54, 1.807) is 0 Å². The van der Waals surface area contributed by atoms with Gasteiger partial charge in [0.1, 0.15) is 0 Å². The Morgan fingerprint density at radius 2 is 1.63 bits per heavy atom. The summed E-state index contributed by atoms with van der Waals surface area (Å²) in [6.07, 6.45) is 8.35. The minimum absolute atomic E-state index is 0.00641. The van der Waals surface area contributed by atoms with Gasteiger partial charge in [0.15, 0.2) is 0 Å². The molecule has 27 heavy (non-hydrogen) atoms. The van der Waals surface area contributed by atoms with Crippen molar-refractivity contribution in [1.82, 2.24) is 15.1 Å². The summed E-state index contributed by atoms with van der Waals surface area (Å²) >= 11 is 0. The molecule has 0 unspecified atom stereocenters. The molecular formula is C22H33N3O2. The number of amides is 2. The second-order valence-corrected chi connectivity index (χ2v) is 7.78. The fourth-order valence-electron chi connectivity index (χ4n) is 4.14. The van der Waals surface area contributed by atoms with Crippen molar-refractivity contribution in [3.63, 3.8) is 0 Å². The molecule has 0 aromatic heterocycles. The normalized spacial score (nSPS) is 22.4. The van der Waals surface area contributed by atoms with Gasteiger partial charge >= 0.3 is 0 Å². The van der Waals surface area contributed by atoms with Gasteiger partial charge in [-0.05, 0) is 24.8 Å². The number of benzene rings is 1. The third kappa shape index (κ3) is 6.06. The highest BCUT2D eigenvalue weighted by atomic mass is 16.2. The number of piperazine rings is 1. The van der Waals surface area contributed by atoms with Gasteiger partial charge in [-0.15, -0.1) is 0 Å². The number of nitrogens with one attached hydrogen (secondary N) is 1.